The van der Waals surface area contributed by atoms with E-state index < -0.39 is 47.3 Å². The summed E-state index contributed by atoms with van der Waals surface area (Å²) in [6.07, 6.45) is 0.0472. The number of hydrogen-bond donors (Lipinski definition) is 1. The van der Waals surface area contributed by atoms with Gasteiger partial charge in [0.15, 0.2) is 6.61 Å². The first-order chi connectivity index (χ1) is 19.8. The van der Waals surface area contributed by atoms with Crippen LogP contribution in [0.1, 0.15) is 18.4 Å². The van der Waals surface area contributed by atoms with Gasteiger partial charge in [-0.2, -0.15) is 0 Å². The van der Waals surface area contributed by atoms with Crippen LogP contribution in [0.4, 0.5) is 5.69 Å². The second kappa shape index (κ2) is 13.7. The molecule has 1 fully saturated rings. The molecule has 0 unspecified atom stereocenters. The molecule has 1 saturated heterocycles. The average Bonchev–Trinajstić information content (AvgIpc) is 2.99. The second-order valence-corrected chi connectivity index (χ2v) is 9.09. The van der Waals surface area contributed by atoms with Gasteiger partial charge in [-0.1, -0.05) is 36.4 Å². The van der Waals surface area contributed by atoms with Crippen LogP contribution in [-0.2, 0) is 30.5 Å². The van der Waals surface area contributed by atoms with Crippen molar-refractivity contribution < 1.29 is 38.3 Å². The van der Waals surface area contributed by atoms with Gasteiger partial charge in [0.2, 0.25) is 5.91 Å². The number of para-hydroxylation sites is 2. The molecule has 3 aromatic carbocycles. The zero-order valence-corrected chi connectivity index (χ0v) is 21.8. The SMILES string of the molecule is O=C(COc1ccccc1)N[C@@H]1C(=O)N(CC(=O)OCc2ccc([N+](=O)[O-])cc2)[C@@H]1CCC(=O)Oc1ccccc1. The quantitative estimate of drug-likeness (QED) is 0.109. The molecule has 0 spiro atoms. The number of carbonyl (C=O) groups is 4. The van der Waals surface area contributed by atoms with Gasteiger partial charge in [-0.15, -0.1) is 0 Å². The fraction of sp³-hybridized carbons (Fsp3) is 0.241. The number of likely N-dealkylation sites (tertiary alicyclic amines) is 1. The van der Waals surface area contributed by atoms with Gasteiger partial charge in [-0.05, 0) is 48.4 Å². The molecule has 41 heavy (non-hydrogen) atoms. The van der Waals surface area contributed by atoms with Crippen molar-refractivity contribution in [2.24, 2.45) is 0 Å². The molecule has 1 aliphatic heterocycles. The summed E-state index contributed by atoms with van der Waals surface area (Å²) in [5.74, 6) is -1.44. The van der Waals surface area contributed by atoms with Crippen molar-refractivity contribution in [1.82, 2.24) is 10.2 Å². The normalized spacial score (nSPS) is 15.8. The molecule has 12 nitrogen and oxygen atoms in total. The maximum Gasteiger partial charge on any atom is 0.325 e. The first kappa shape index (κ1) is 28.7. The van der Waals surface area contributed by atoms with E-state index in [-0.39, 0.29) is 31.7 Å². The molecule has 0 aliphatic carbocycles. The van der Waals surface area contributed by atoms with Crippen LogP contribution in [0.3, 0.4) is 0 Å². The molecule has 2 atom stereocenters. The smallest absolute Gasteiger partial charge is 0.325 e. The van der Waals surface area contributed by atoms with Crippen molar-refractivity contribution in [3.8, 4) is 11.5 Å². The highest BCUT2D eigenvalue weighted by Gasteiger charge is 2.48. The number of nitrogens with zero attached hydrogens (tertiary/aromatic N) is 2. The van der Waals surface area contributed by atoms with Gasteiger partial charge in [-0.3, -0.25) is 29.3 Å². The summed E-state index contributed by atoms with van der Waals surface area (Å²) in [5.41, 5.74) is 0.435. The summed E-state index contributed by atoms with van der Waals surface area (Å²) in [5, 5.41) is 13.4. The summed E-state index contributed by atoms with van der Waals surface area (Å²) in [6.45, 7) is -0.880. The Morgan fingerprint density at radius 3 is 2.15 bits per heavy atom. The van der Waals surface area contributed by atoms with E-state index in [1.54, 1.807) is 60.7 Å². The topological polar surface area (TPSA) is 154 Å². The van der Waals surface area contributed by atoms with Crippen LogP contribution in [-0.4, -0.2) is 58.8 Å². The van der Waals surface area contributed by atoms with Crippen molar-refractivity contribution in [3.63, 3.8) is 0 Å². The van der Waals surface area contributed by atoms with Gasteiger partial charge in [0.25, 0.3) is 11.6 Å². The summed E-state index contributed by atoms with van der Waals surface area (Å²) in [4.78, 5) is 61.9. The highest BCUT2D eigenvalue weighted by molar-refractivity contribution is 5.96. The predicted molar refractivity (Wildman–Crippen MR) is 144 cm³/mol. The summed E-state index contributed by atoms with van der Waals surface area (Å²) < 4.78 is 16.0. The van der Waals surface area contributed by atoms with Crippen LogP contribution in [0.2, 0.25) is 0 Å². The number of rotatable bonds is 13. The number of carbonyl (C=O) groups excluding carboxylic acids is 4. The Hall–Kier alpha value is -5.26. The first-order valence-corrected chi connectivity index (χ1v) is 12.7. The molecular weight excluding hydrogens is 534 g/mol. The van der Waals surface area contributed by atoms with E-state index in [9.17, 15) is 29.3 Å². The molecule has 0 saturated carbocycles. The van der Waals surface area contributed by atoms with Crippen LogP contribution in [0.5, 0.6) is 11.5 Å². The first-order valence-electron chi connectivity index (χ1n) is 12.7. The third kappa shape index (κ3) is 8.12. The second-order valence-electron chi connectivity index (χ2n) is 9.09. The summed E-state index contributed by atoms with van der Waals surface area (Å²) >= 11 is 0. The highest BCUT2D eigenvalue weighted by Crippen LogP contribution is 2.25. The average molecular weight is 562 g/mol. The Morgan fingerprint density at radius 2 is 1.51 bits per heavy atom. The minimum absolute atomic E-state index is 0.0753. The minimum atomic E-state index is -0.964. The monoisotopic (exact) mass is 561 g/mol. The number of nitro benzene ring substituents is 1. The third-order valence-electron chi connectivity index (χ3n) is 6.23. The lowest BCUT2D eigenvalue weighted by Crippen LogP contribution is -2.71. The number of nitro groups is 1. The van der Waals surface area contributed by atoms with E-state index >= 15 is 0 Å². The number of nitrogens with one attached hydrogen (secondary N) is 1. The largest absolute Gasteiger partial charge is 0.484 e. The number of benzene rings is 3. The molecule has 3 aromatic rings. The van der Waals surface area contributed by atoms with E-state index in [1.807, 2.05) is 0 Å². The molecule has 2 amide bonds. The number of amides is 2. The molecule has 1 N–H and O–H groups in total. The van der Waals surface area contributed by atoms with Crippen molar-refractivity contribution in [2.45, 2.75) is 31.5 Å². The maximum absolute atomic E-state index is 12.9. The van der Waals surface area contributed by atoms with E-state index in [1.165, 1.54) is 29.2 Å². The fourth-order valence-electron chi connectivity index (χ4n) is 4.16. The van der Waals surface area contributed by atoms with Gasteiger partial charge in [0.1, 0.15) is 30.7 Å². The van der Waals surface area contributed by atoms with Gasteiger partial charge in [-0.25, -0.2) is 0 Å². The molecule has 12 heteroatoms. The number of ether oxygens (including phenoxy) is 3. The third-order valence-corrected chi connectivity index (χ3v) is 6.23. The molecule has 212 valence electrons. The number of β-lactam (4-membered cyclic amide) rings is 1. The van der Waals surface area contributed by atoms with Crippen molar-refractivity contribution in [3.05, 3.63) is 101 Å². The number of esters is 2. The van der Waals surface area contributed by atoms with Crippen molar-refractivity contribution >= 4 is 29.4 Å². The van der Waals surface area contributed by atoms with Gasteiger partial charge in [0.05, 0.1) is 11.0 Å². The summed E-state index contributed by atoms with van der Waals surface area (Å²) in [6, 6.07) is 21.1. The lowest BCUT2D eigenvalue weighted by Gasteiger charge is -2.46. The van der Waals surface area contributed by atoms with E-state index in [0.717, 1.165) is 0 Å². The van der Waals surface area contributed by atoms with Crippen LogP contribution in [0.25, 0.3) is 0 Å². The van der Waals surface area contributed by atoms with Gasteiger partial charge in [0, 0.05) is 18.6 Å². The molecular formula is C29H27N3O9. The molecule has 4 rings (SSSR count). The zero-order chi connectivity index (χ0) is 29.2. The van der Waals surface area contributed by atoms with E-state index in [0.29, 0.717) is 17.1 Å². The van der Waals surface area contributed by atoms with Crippen molar-refractivity contribution in [2.75, 3.05) is 13.2 Å². The lowest BCUT2D eigenvalue weighted by molar-refractivity contribution is -0.384. The van der Waals surface area contributed by atoms with Crippen LogP contribution in [0, 0.1) is 10.1 Å². The highest BCUT2D eigenvalue weighted by atomic mass is 16.6. The molecule has 0 bridgehead atoms. The zero-order valence-electron chi connectivity index (χ0n) is 21.8. The van der Waals surface area contributed by atoms with Gasteiger partial charge >= 0.3 is 11.9 Å². The van der Waals surface area contributed by atoms with Crippen molar-refractivity contribution in [1.29, 1.82) is 0 Å². The van der Waals surface area contributed by atoms with Crippen LogP contribution in [0.15, 0.2) is 84.9 Å². The molecule has 1 aliphatic rings. The Labute approximate surface area is 235 Å². The Balaban J connectivity index is 1.34. The molecule has 0 aromatic heterocycles. The maximum atomic E-state index is 12.9. The van der Waals surface area contributed by atoms with Crippen LogP contribution >= 0.6 is 0 Å². The molecule has 0 radical (unpaired) electrons. The standard InChI is InChI=1S/C29H27N3O9/c33-25(19-39-22-7-3-1-4-8-22)30-28-24(15-16-26(34)41-23-9-5-2-6-10-23)31(29(28)36)17-27(35)40-18-20-11-13-21(14-12-20)32(37)38/h1-14,24,28H,15-19H2,(H,30,33)/t24-,28+/m1/s1. The Bertz CT molecular complexity index is 1380. The minimum Gasteiger partial charge on any atom is -0.484 e. The van der Waals surface area contributed by atoms with Crippen LogP contribution < -0.4 is 14.8 Å². The predicted octanol–water partition coefficient (Wildman–Crippen LogP) is 2.80. The van der Waals surface area contributed by atoms with Gasteiger partial charge < -0.3 is 24.4 Å². The fourth-order valence-corrected chi connectivity index (χ4v) is 4.16. The number of hydrogen-bond acceptors (Lipinski definition) is 9. The van der Waals surface area contributed by atoms with E-state index in [4.69, 9.17) is 14.2 Å². The summed E-state index contributed by atoms with van der Waals surface area (Å²) in [7, 11) is 0. The molecule has 1 heterocycles. The number of non-ortho nitro benzene ring substituents is 1. The van der Waals surface area contributed by atoms with E-state index in [2.05, 4.69) is 5.32 Å². The Morgan fingerprint density at radius 1 is 0.878 bits per heavy atom. The Kier molecular flexibility index (Phi) is 9.60. The lowest BCUT2D eigenvalue weighted by atomic mass is 9.90.